The quantitative estimate of drug-likeness (QED) is 0.137. The highest BCUT2D eigenvalue weighted by molar-refractivity contribution is 9.10. The minimum Gasteiger partial charge on any atom is -0.493 e. The number of halogens is 2. The number of aromatic nitrogens is 2. The van der Waals surface area contributed by atoms with E-state index < -0.39 is 34.5 Å². The van der Waals surface area contributed by atoms with Crippen molar-refractivity contribution in [3.05, 3.63) is 96.7 Å². The average Bonchev–Trinajstić information content (AvgIpc) is 2.96. The standard InChI is InChI=1S/C28H25BrFN5O6/c1-4-16(2)27-33-22-10-5-18(29)13-21(22)28(37)34(27)31-14-17-11-23(35(38)39)26(24(12-17)40-3)41-15-25(36)32-20-8-6-19(30)7-9-20/h5-14,16H,4,15H2,1-3H3,(H,32,36)/t16-/m1/s1. The van der Waals surface area contributed by atoms with E-state index in [2.05, 4.69) is 31.3 Å². The third kappa shape index (κ3) is 6.74. The van der Waals surface area contributed by atoms with Gasteiger partial charge in [0.1, 0.15) is 11.6 Å². The average molecular weight is 626 g/mol. The van der Waals surface area contributed by atoms with Crippen LogP contribution in [0.3, 0.4) is 0 Å². The summed E-state index contributed by atoms with van der Waals surface area (Å²) in [5, 5.41) is 19.1. The number of benzene rings is 3. The van der Waals surface area contributed by atoms with Gasteiger partial charge < -0.3 is 14.8 Å². The number of nitro benzene ring substituents is 1. The Morgan fingerprint density at radius 1 is 1.24 bits per heavy atom. The smallest absolute Gasteiger partial charge is 0.315 e. The number of hydrogen-bond acceptors (Lipinski definition) is 8. The number of nitrogens with zero attached hydrogens (tertiary/aromatic N) is 4. The molecule has 41 heavy (non-hydrogen) atoms. The molecule has 212 valence electrons. The summed E-state index contributed by atoms with van der Waals surface area (Å²) in [5.41, 5.74) is 0.234. The van der Waals surface area contributed by atoms with Crippen molar-refractivity contribution in [2.75, 3.05) is 19.0 Å². The molecule has 1 heterocycles. The number of nitro groups is 1. The third-order valence-electron chi connectivity index (χ3n) is 6.16. The number of nitrogens with one attached hydrogen (secondary N) is 1. The Hall–Kier alpha value is -4.65. The Kier molecular flexibility index (Phi) is 9.07. The number of rotatable bonds is 10. The summed E-state index contributed by atoms with van der Waals surface area (Å²) in [6.45, 7) is 3.31. The summed E-state index contributed by atoms with van der Waals surface area (Å²) >= 11 is 3.37. The van der Waals surface area contributed by atoms with E-state index in [-0.39, 0.29) is 23.0 Å². The number of carbonyl (C=O) groups is 1. The van der Waals surface area contributed by atoms with Gasteiger partial charge in [0, 0.05) is 27.7 Å². The Morgan fingerprint density at radius 3 is 2.63 bits per heavy atom. The summed E-state index contributed by atoms with van der Waals surface area (Å²) in [6.07, 6.45) is 1.99. The molecule has 0 aliphatic heterocycles. The van der Waals surface area contributed by atoms with Crippen LogP contribution in [0, 0.1) is 15.9 Å². The highest BCUT2D eigenvalue weighted by atomic mass is 79.9. The molecule has 4 rings (SSSR count). The zero-order chi connectivity index (χ0) is 29.7. The van der Waals surface area contributed by atoms with Crippen LogP contribution in [0.1, 0.15) is 37.6 Å². The van der Waals surface area contributed by atoms with Gasteiger partial charge in [-0.25, -0.2) is 9.37 Å². The van der Waals surface area contributed by atoms with Crippen LogP contribution in [0.25, 0.3) is 10.9 Å². The molecule has 4 aromatic rings. The van der Waals surface area contributed by atoms with E-state index in [1.807, 2.05) is 13.8 Å². The van der Waals surface area contributed by atoms with Crippen LogP contribution in [0.2, 0.25) is 0 Å². The van der Waals surface area contributed by atoms with E-state index in [0.29, 0.717) is 33.3 Å². The molecule has 0 saturated carbocycles. The summed E-state index contributed by atoms with van der Waals surface area (Å²) in [5.74, 6) is -1.03. The molecular weight excluding hydrogens is 601 g/mol. The molecular formula is C28H25BrFN5O6. The fraction of sp³-hybridized carbons (Fsp3) is 0.214. The van der Waals surface area contributed by atoms with Gasteiger partial charge in [0.2, 0.25) is 5.75 Å². The van der Waals surface area contributed by atoms with Crippen molar-refractivity contribution in [2.24, 2.45) is 5.10 Å². The molecule has 13 heteroatoms. The lowest BCUT2D eigenvalue weighted by Crippen LogP contribution is -2.23. The molecule has 0 aliphatic rings. The highest BCUT2D eigenvalue weighted by Gasteiger charge is 2.23. The van der Waals surface area contributed by atoms with Gasteiger partial charge in [0.25, 0.3) is 11.5 Å². The topological polar surface area (TPSA) is 138 Å². The van der Waals surface area contributed by atoms with Crippen molar-refractivity contribution in [2.45, 2.75) is 26.2 Å². The maximum absolute atomic E-state index is 13.4. The van der Waals surface area contributed by atoms with Crippen LogP contribution >= 0.6 is 15.9 Å². The molecule has 1 atom stereocenters. The molecule has 0 saturated heterocycles. The molecule has 0 fully saturated rings. The molecule has 0 bridgehead atoms. The minimum absolute atomic E-state index is 0.0229. The maximum Gasteiger partial charge on any atom is 0.315 e. The van der Waals surface area contributed by atoms with Crippen molar-refractivity contribution in [1.29, 1.82) is 0 Å². The van der Waals surface area contributed by atoms with Crippen LogP contribution in [0.4, 0.5) is 15.8 Å². The first-order valence-corrected chi connectivity index (χ1v) is 13.2. The monoisotopic (exact) mass is 625 g/mol. The predicted octanol–water partition coefficient (Wildman–Crippen LogP) is 5.63. The molecule has 1 N–H and O–H groups in total. The van der Waals surface area contributed by atoms with Gasteiger partial charge in [-0.05, 0) is 55.0 Å². The molecule has 0 unspecified atom stereocenters. The minimum atomic E-state index is -0.682. The molecule has 3 aromatic carbocycles. The van der Waals surface area contributed by atoms with Crippen LogP contribution in [-0.2, 0) is 4.79 Å². The lowest BCUT2D eigenvalue weighted by Gasteiger charge is -2.14. The summed E-state index contributed by atoms with van der Waals surface area (Å²) in [4.78, 5) is 41.6. The SMILES string of the molecule is CC[C@@H](C)c1nc2ccc(Br)cc2c(=O)n1N=Cc1cc(OC)c(OCC(=O)Nc2ccc(F)cc2)c([N+](=O)[O-])c1. The van der Waals surface area contributed by atoms with E-state index in [4.69, 9.17) is 9.47 Å². The van der Waals surface area contributed by atoms with Crippen molar-refractivity contribution >= 4 is 50.3 Å². The van der Waals surface area contributed by atoms with Crippen LogP contribution in [0.5, 0.6) is 11.5 Å². The second-order valence-electron chi connectivity index (χ2n) is 8.97. The van der Waals surface area contributed by atoms with Gasteiger partial charge in [0.15, 0.2) is 12.4 Å². The summed E-state index contributed by atoms with van der Waals surface area (Å²) in [6, 6.07) is 12.9. The zero-order valence-electron chi connectivity index (χ0n) is 22.3. The number of carbonyl (C=O) groups excluding carboxylic acids is 1. The van der Waals surface area contributed by atoms with Gasteiger partial charge >= 0.3 is 5.69 Å². The van der Waals surface area contributed by atoms with E-state index in [1.165, 1.54) is 54.4 Å². The number of amides is 1. The van der Waals surface area contributed by atoms with Gasteiger partial charge in [-0.2, -0.15) is 9.78 Å². The van der Waals surface area contributed by atoms with Gasteiger partial charge in [-0.15, -0.1) is 0 Å². The number of fused-ring (bicyclic) bond motifs is 1. The molecule has 0 radical (unpaired) electrons. The fourth-order valence-electron chi connectivity index (χ4n) is 3.89. The maximum atomic E-state index is 13.4. The Balaban J connectivity index is 1.67. The van der Waals surface area contributed by atoms with Crippen LogP contribution in [0.15, 0.2) is 69.0 Å². The van der Waals surface area contributed by atoms with Crippen LogP contribution in [-0.4, -0.2) is 40.4 Å². The Bertz CT molecular complexity index is 1710. The van der Waals surface area contributed by atoms with E-state index in [0.717, 1.165) is 0 Å². The summed E-state index contributed by atoms with van der Waals surface area (Å²) in [7, 11) is 1.29. The fourth-order valence-corrected chi connectivity index (χ4v) is 4.25. The van der Waals surface area contributed by atoms with Crippen molar-refractivity contribution in [1.82, 2.24) is 9.66 Å². The van der Waals surface area contributed by atoms with Crippen LogP contribution < -0.4 is 20.3 Å². The second-order valence-corrected chi connectivity index (χ2v) is 9.89. The summed E-state index contributed by atoms with van der Waals surface area (Å²) < 4.78 is 25.8. The Morgan fingerprint density at radius 2 is 1.98 bits per heavy atom. The van der Waals surface area contributed by atoms with E-state index >= 15 is 0 Å². The van der Waals surface area contributed by atoms with Gasteiger partial charge in [0.05, 0.1) is 29.2 Å². The van der Waals surface area contributed by atoms with Crippen molar-refractivity contribution < 1.29 is 23.6 Å². The number of anilines is 1. The normalized spacial score (nSPS) is 11.9. The van der Waals surface area contributed by atoms with E-state index in [1.54, 1.807) is 18.2 Å². The molecule has 0 spiro atoms. The van der Waals surface area contributed by atoms with Crippen molar-refractivity contribution in [3.63, 3.8) is 0 Å². The molecule has 1 amide bonds. The number of ether oxygens (including phenoxy) is 2. The zero-order valence-corrected chi connectivity index (χ0v) is 23.8. The lowest BCUT2D eigenvalue weighted by atomic mass is 10.1. The first-order chi connectivity index (χ1) is 19.6. The molecule has 0 aliphatic carbocycles. The number of methoxy groups -OCH3 is 1. The molecule has 11 nitrogen and oxygen atoms in total. The highest BCUT2D eigenvalue weighted by Crippen LogP contribution is 2.38. The first kappa shape index (κ1) is 29.3. The third-order valence-corrected chi connectivity index (χ3v) is 6.65. The predicted molar refractivity (Wildman–Crippen MR) is 156 cm³/mol. The first-order valence-electron chi connectivity index (χ1n) is 12.4. The van der Waals surface area contributed by atoms with Crippen molar-refractivity contribution in [3.8, 4) is 11.5 Å². The second kappa shape index (κ2) is 12.7. The Labute approximate surface area is 241 Å². The molecule has 1 aromatic heterocycles. The lowest BCUT2D eigenvalue weighted by molar-refractivity contribution is -0.385. The largest absolute Gasteiger partial charge is 0.493 e. The van der Waals surface area contributed by atoms with Gasteiger partial charge in [-0.3, -0.25) is 19.7 Å². The van der Waals surface area contributed by atoms with E-state index in [9.17, 15) is 24.1 Å². The van der Waals surface area contributed by atoms with Gasteiger partial charge in [-0.1, -0.05) is 29.8 Å². The number of hydrogen-bond donors (Lipinski definition) is 1.